The van der Waals surface area contributed by atoms with Gasteiger partial charge in [-0.1, -0.05) is 24.3 Å². The van der Waals surface area contributed by atoms with Crippen molar-refractivity contribution in [3.05, 3.63) is 64.7 Å². The third-order valence-electron chi connectivity index (χ3n) is 4.69. The van der Waals surface area contributed by atoms with Crippen LogP contribution < -0.4 is 10.1 Å². The lowest BCUT2D eigenvalue weighted by atomic mass is 10.0. The number of carbonyl (C=O) groups is 3. The first-order chi connectivity index (χ1) is 13.8. The minimum atomic E-state index is -0.933. The van der Waals surface area contributed by atoms with Gasteiger partial charge in [0.15, 0.2) is 11.9 Å². The van der Waals surface area contributed by atoms with Crippen molar-refractivity contribution in [3.63, 3.8) is 0 Å². The Balaban J connectivity index is 1.76. The maximum absolute atomic E-state index is 12.2. The quantitative estimate of drug-likeness (QED) is 0.517. The summed E-state index contributed by atoms with van der Waals surface area (Å²) < 4.78 is 10.2. The molecular weight excluding hydrogens is 370 g/mol. The molecule has 0 unspecified atom stereocenters. The summed E-state index contributed by atoms with van der Waals surface area (Å²) >= 11 is 0. The zero-order valence-electron chi connectivity index (χ0n) is 17.3. The Hall–Kier alpha value is -3.15. The molecule has 2 aromatic carbocycles. The third kappa shape index (κ3) is 6.75. The summed E-state index contributed by atoms with van der Waals surface area (Å²) in [5.74, 6) is -0.358. The molecule has 6 heteroatoms. The van der Waals surface area contributed by atoms with Crippen molar-refractivity contribution in [1.29, 1.82) is 0 Å². The van der Waals surface area contributed by atoms with Gasteiger partial charge in [0.2, 0.25) is 0 Å². The van der Waals surface area contributed by atoms with Crippen LogP contribution in [-0.4, -0.2) is 30.9 Å². The number of nitrogens with one attached hydrogen (secondary N) is 1. The van der Waals surface area contributed by atoms with Gasteiger partial charge in [-0.2, -0.15) is 0 Å². The van der Waals surface area contributed by atoms with Crippen molar-refractivity contribution in [2.75, 3.05) is 7.11 Å². The summed E-state index contributed by atoms with van der Waals surface area (Å²) in [4.78, 5) is 36.4. The molecule has 1 atom stereocenters. The Labute approximate surface area is 171 Å². The van der Waals surface area contributed by atoms with Crippen LogP contribution in [-0.2, 0) is 20.9 Å². The van der Waals surface area contributed by atoms with Crippen molar-refractivity contribution < 1.29 is 23.9 Å². The highest BCUT2D eigenvalue weighted by atomic mass is 16.5. The molecule has 0 aliphatic heterocycles. The second kappa shape index (κ2) is 10.4. The molecular formula is C23H27NO5. The molecule has 0 radical (unpaired) electrons. The predicted octanol–water partition coefficient (Wildman–Crippen LogP) is 3.52. The summed E-state index contributed by atoms with van der Waals surface area (Å²) in [5, 5.41) is 2.72. The second-order valence-corrected chi connectivity index (χ2v) is 6.92. The largest absolute Gasteiger partial charge is 0.497 e. The van der Waals surface area contributed by atoms with E-state index in [4.69, 9.17) is 9.47 Å². The van der Waals surface area contributed by atoms with Crippen LogP contribution in [0.2, 0.25) is 0 Å². The van der Waals surface area contributed by atoms with Crippen LogP contribution in [0.5, 0.6) is 5.75 Å². The van der Waals surface area contributed by atoms with E-state index in [1.807, 2.05) is 38.1 Å². The van der Waals surface area contributed by atoms with E-state index in [0.29, 0.717) is 12.1 Å². The molecule has 0 bridgehead atoms. The van der Waals surface area contributed by atoms with E-state index in [-0.39, 0.29) is 18.6 Å². The van der Waals surface area contributed by atoms with Crippen LogP contribution in [0.25, 0.3) is 0 Å². The highest BCUT2D eigenvalue weighted by Gasteiger charge is 2.18. The number of methoxy groups -OCH3 is 1. The average molecular weight is 397 g/mol. The number of hydrogen-bond donors (Lipinski definition) is 1. The molecule has 1 amide bonds. The van der Waals surface area contributed by atoms with Crippen molar-refractivity contribution in [2.45, 2.75) is 46.3 Å². The average Bonchev–Trinajstić information content (AvgIpc) is 2.72. The summed E-state index contributed by atoms with van der Waals surface area (Å²) in [5.41, 5.74) is 3.61. The molecule has 0 heterocycles. The monoisotopic (exact) mass is 397 g/mol. The Bertz CT molecular complexity index is 873. The van der Waals surface area contributed by atoms with Gasteiger partial charge in [-0.3, -0.25) is 14.4 Å². The highest BCUT2D eigenvalue weighted by Crippen LogP contribution is 2.13. The molecule has 29 heavy (non-hydrogen) atoms. The van der Waals surface area contributed by atoms with Crippen LogP contribution in [0.1, 0.15) is 46.8 Å². The Morgan fingerprint density at radius 2 is 1.66 bits per heavy atom. The summed E-state index contributed by atoms with van der Waals surface area (Å²) in [7, 11) is 1.59. The van der Waals surface area contributed by atoms with E-state index in [2.05, 4.69) is 5.32 Å². The zero-order valence-corrected chi connectivity index (χ0v) is 17.3. The maximum Gasteiger partial charge on any atom is 0.307 e. The maximum atomic E-state index is 12.2. The van der Waals surface area contributed by atoms with E-state index in [1.54, 1.807) is 25.3 Å². The highest BCUT2D eigenvalue weighted by molar-refractivity contribution is 5.98. The summed E-state index contributed by atoms with van der Waals surface area (Å²) in [6.45, 7) is 5.73. The topological polar surface area (TPSA) is 81.7 Å². The van der Waals surface area contributed by atoms with E-state index in [0.717, 1.165) is 22.4 Å². The fourth-order valence-electron chi connectivity index (χ4n) is 2.66. The van der Waals surface area contributed by atoms with Crippen LogP contribution in [0.15, 0.2) is 42.5 Å². The van der Waals surface area contributed by atoms with Gasteiger partial charge in [0.25, 0.3) is 5.91 Å². The lowest BCUT2D eigenvalue weighted by molar-refractivity contribution is -0.154. The van der Waals surface area contributed by atoms with Crippen LogP contribution >= 0.6 is 0 Å². The molecule has 0 aromatic heterocycles. The minimum absolute atomic E-state index is 0.0432. The molecule has 1 N–H and O–H groups in total. The number of amides is 1. The fraction of sp³-hybridized carbons (Fsp3) is 0.348. The number of aryl methyl sites for hydroxylation is 2. The van der Waals surface area contributed by atoms with Gasteiger partial charge in [-0.05, 0) is 55.7 Å². The number of hydrogen-bond acceptors (Lipinski definition) is 5. The molecule has 2 rings (SSSR count). The number of ether oxygens (including phenoxy) is 2. The molecule has 2 aromatic rings. The molecule has 0 fully saturated rings. The first-order valence-corrected chi connectivity index (χ1v) is 9.50. The van der Waals surface area contributed by atoms with Crippen molar-refractivity contribution in [3.8, 4) is 5.75 Å². The zero-order chi connectivity index (χ0) is 21.4. The van der Waals surface area contributed by atoms with Gasteiger partial charge in [0.1, 0.15) is 5.75 Å². The van der Waals surface area contributed by atoms with Crippen molar-refractivity contribution in [1.82, 2.24) is 5.32 Å². The van der Waals surface area contributed by atoms with E-state index >= 15 is 0 Å². The Morgan fingerprint density at radius 1 is 0.966 bits per heavy atom. The predicted molar refractivity (Wildman–Crippen MR) is 110 cm³/mol. The van der Waals surface area contributed by atoms with Crippen LogP contribution in [0, 0.1) is 13.8 Å². The molecule has 6 nitrogen and oxygen atoms in total. The second-order valence-electron chi connectivity index (χ2n) is 6.92. The smallest absolute Gasteiger partial charge is 0.307 e. The molecule has 0 aliphatic carbocycles. The van der Waals surface area contributed by atoms with Gasteiger partial charge in [-0.15, -0.1) is 0 Å². The van der Waals surface area contributed by atoms with E-state index in [9.17, 15) is 14.4 Å². The number of benzene rings is 2. The summed E-state index contributed by atoms with van der Waals surface area (Å²) in [6, 6.07) is 12.7. The van der Waals surface area contributed by atoms with Crippen LogP contribution in [0.4, 0.5) is 0 Å². The van der Waals surface area contributed by atoms with E-state index in [1.165, 1.54) is 6.92 Å². The number of carbonyl (C=O) groups excluding carboxylic acids is 3. The lowest BCUT2D eigenvalue weighted by Crippen LogP contribution is -2.35. The van der Waals surface area contributed by atoms with Gasteiger partial charge in [0, 0.05) is 18.5 Å². The first kappa shape index (κ1) is 22.1. The summed E-state index contributed by atoms with van der Waals surface area (Å²) in [6.07, 6.45) is -0.957. The minimum Gasteiger partial charge on any atom is -0.497 e. The third-order valence-corrected chi connectivity index (χ3v) is 4.69. The number of esters is 1. The van der Waals surface area contributed by atoms with Gasteiger partial charge in [-0.25, -0.2) is 0 Å². The Morgan fingerprint density at radius 3 is 2.28 bits per heavy atom. The normalized spacial score (nSPS) is 11.4. The molecule has 0 spiro atoms. The SMILES string of the molecule is COc1ccc(CNC(=O)[C@@H](C)OC(=O)CCC(=O)c2ccc(C)c(C)c2)cc1. The van der Waals surface area contributed by atoms with Gasteiger partial charge in [0.05, 0.1) is 13.5 Å². The molecule has 0 saturated heterocycles. The standard InChI is InChI=1S/C23H27NO5/c1-15-5-8-19(13-16(15)2)21(25)11-12-22(26)29-17(3)23(27)24-14-18-6-9-20(28-4)10-7-18/h5-10,13,17H,11-12,14H2,1-4H3,(H,24,27)/t17-/m1/s1. The van der Waals surface area contributed by atoms with Gasteiger partial charge < -0.3 is 14.8 Å². The van der Waals surface area contributed by atoms with Crippen molar-refractivity contribution in [2.24, 2.45) is 0 Å². The van der Waals surface area contributed by atoms with Gasteiger partial charge >= 0.3 is 5.97 Å². The lowest BCUT2D eigenvalue weighted by Gasteiger charge is -2.13. The number of Topliss-reactive ketones (excluding diaryl/α,β-unsaturated/α-hetero) is 1. The van der Waals surface area contributed by atoms with Crippen molar-refractivity contribution >= 4 is 17.7 Å². The molecule has 0 saturated carbocycles. The van der Waals surface area contributed by atoms with Crippen LogP contribution in [0.3, 0.4) is 0 Å². The number of ketones is 1. The Kier molecular flexibility index (Phi) is 7.95. The fourth-order valence-corrected chi connectivity index (χ4v) is 2.66. The van der Waals surface area contributed by atoms with E-state index < -0.39 is 18.0 Å². The number of rotatable bonds is 9. The first-order valence-electron chi connectivity index (χ1n) is 9.50. The molecule has 154 valence electrons. The molecule has 0 aliphatic rings.